The highest BCUT2D eigenvalue weighted by atomic mass is 32.1. The first-order valence-corrected chi connectivity index (χ1v) is 10.7. The number of nitrogens with one attached hydrogen (secondary N) is 2. The SMILES string of the molecule is C=CCNc1nc(C)c(-c2nc3ccccc3s2)c(N[C@@H]2C[C@H](CO)[C@@H](O)[C@H]2O)n1. The highest BCUT2D eigenvalue weighted by Gasteiger charge is 2.41. The van der Waals surface area contributed by atoms with Gasteiger partial charge in [0.1, 0.15) is 16.9 Å². The van der Waals surface area contributed by atoms with Gasteiger partial charge in [0.2, 0.25) is 5.95 Å². The molecule has 0 aliphatic heterocycles. The molecule has 1 aliphatic carbocycles. The molecule has 2 aromatic heterocycles. The van der Waals surface area contributed by atoms with E-state index in [1.165, 1.54) is 0 Å². The van der Waals surface area contributed by atoms with Crippen LogP contribution in [0.5, 0.6) is 0 Å². The first kappa shape index (κ1) is 20.7. The third-order valence-corrected chi connectivity index (χ3v) is 6.41. The summed E-state index contributed by atoms with van der Waals surface area (Å²) in [5.41, 5.74) is 2.40. The molecule has 8 nitrogen and oxygen atoms in total. The lowest BCUT2D eigenvalue weighted by molar-refractivity contribution is 0.00446. The van der Waals surface area contributed by atoms with Gasteiger partial charge in [0.25, 0.3) is 0 Å². The van der Waals surface area contributed by atoms with E-state index in [0.29, 0.717) is 24.7 Å². The summed E-state index contributed by atoms with van der Waals surface area (Å²) in [6, 6.07) is 7.44. The molecule has 1 aliphatic rings. The largest absolute Gasteiger partial charge is 0.396 e. The van der Waals surface area contributed by atoms with Crippen molar-refractivity contribution in [2.45, 2.75) is 31.6 Å². The maximum absolute atomic E-state index is 10.5. The molecule has 9 heteroatoms. The highest BCUT2D eigenvalue weighted by Crippen LogP contribution is 2.38. The van der Waals surface area contributed by atoms with Crippen molar-refractivity contribution in [1.29, 1.82) is 0 Å². The molecule has 3 aromatic rings. The number of para-hydroxylation sites is 1. The maximum Gasteiger partial charge on any atom is 0.225 e. The smallest absolute Gasteiger partial charge is 0.225 e. The summed E-state index contributed by atoms with van der Waals surface area (Å²) in [6.07, 6.45) is 0.150. The van der Waals surface area contributed by atoms with Gasteiger partial charge >= 0.3 is 0 Å². The van der Waals surface area contributed by atoms with Gasteiger partial charge in [-0.15, -0.1) is 17.9 Å². The number of benzene rings is 1. The third-order valence-electron chi connectivity index (χ3n) is 5.36. The Balaban J connectivity index is 1.76. The van der Waals surface area contributed by atoms with Crippen LogP contribution in [0.15, 0.2) is 36.9 Å². The number of fused-ring (bicyclic) bond motifs is 1. The Morgan fingerprint density at radius 2 is 2.00 bits per heavy atom. The molecule has 0 bridgehead atoms. The van der Waals surface area contributed by atoms with Gasteiger partial charge in [-0.3, -0.25) is 0 Å². The van der Waals surface area contributed by atoms with Crippen molar-refractivity contribution in [2.24, 2.45) is 5.92 Å². The van der Waals surface area contributed by atoms with Gasteiger partial charge in [0.15, 0.2) is 0 Å². The van der Waals surface area contributed by atoms with Crippen LogP contribution in [0.3, 0.4) is 0 Å². The summed E-state index contributed by atoms with van der Waals surface area (Å²) < 4.78 is 1.06. The van der Waals surface area contributed by atoms with Crippen LogP contribution in [0.2, 0.25) is 0 Å². The molecule has 1 fully saturated rings. The Kier molecular flexibility index (Phi) is 5.96. The number of aliphatic hydroxyl groups excluding tert-OH is 3. The van der Waals surface area contributed by atoms with Crippen LogP contribution in [0.1, 0.15) is 12.1 Å². The molecule has 4 rings (SSSR count). The van der Waals surface area contributed by atoms with Crippen molar-refractivity contribution >= 4 is 33.3 Å². The molecular weight excluding hydrogens is 402 g/mol. The molecule has 158 valence electrons. The number of nitrogens with zero attached hydrogens (tertiary/aromatic N) is 3. The molecule has 5 N–H and O–H groups in total. The second kappa shape index (κ2) is 8.65. The van der Waals surface area contributed by atoms with E-state index >= 15 is 0 Å². The summed E-state index contributed by atoms with van der Waals surface area (Å²) in [6.45, 7) is 5.92. The van der Waals surface area contributed by atoms with Gasteiger partial charge in [-0.1, -0.05) is 18.2 Å². The Labute approximate surface area is 178 Å². The summed E-state index contributed by atoms with van der Waals surface area (Å²) in [5, 5.41) is 37.3. The molecule has 0 radical (unpaired) electrons. The molecule has 0 saturated heterocycles. The highest BCUT2D eigenvalue weighted by molar-refractivity contribution is 7.21. The van der Waals surface area contributed by atoms with E-state index in [-0.39, 0.29) is 12.5 Å². The Bertz CT molecular complexity index is 1020. The second-order valence-electron chi connectivity index (χ2n) is 7.42. The van der Waals surface area contributed by atoms with Crippen LogP contribution in [0.4, 0.5) is 11.8 Å². The zero-order valence-corrected chi connectivity index (χ0v) is 17.4. The van der Waals surface area contributed by atoms with Crippen molar-refractivity contribution in [3.8, 4) is 10.6 Å². The van der Waals surface area contributed by atoms with E-state index in [2.05, 4.69) is 27.2 Å². The lowest BCUT2D eigenvalue weighted by Gasteiger charge is -2.21. The van der Waals surface area contributed by atoms with E-state index in [1.54, 1.807) is 17.4 Å². The van der Waals surface area contributed by atoms with E-state index in [1.807, 2.05) is 31.2 Å². The fraction of sp³-hybridized carbons (Fsp3) is 0.381. The molecule has 0 unspecified atom stereocenters. The number of thiazole rings is 1. The minimum absolute atomic E-state index is 0.184. The molecule has 0 spiro atoms. The summed E-state index contributed by atoms with van der Waals surface area (Å²) >= 11 is 1.55. The quantitative estimate of drug-likeness (QED) is 0.364. The zero-order valence-electron chi connectivity index (χ0n) is 16.6. The fourth-order valence-corrected chi connectivity index (χ4v) is 4.84. The van der Waals surface area contributed by atoms with Crippen molar-refractivity contribution in [2.75, 3.05) is 23.8 Å². The van der Waals surface area contributed by atoms with E-state index < -0.39 is 18.2 Å². The predicted molar refractivity (Wildman–Crippen MR) is 119 cm³/mol. The van der Waals surface area contributed by atoms with Crippen molar-refractivity contribution in [1.82, 2.24) is 15.0 Å². The number of aromatic nitrogens is 3. The monoisotopic (exact) mass is 427 g/mol. The molecule has 1 saturated carbocycles. The molecule has 0 amide bonds. The van der Waals surface area contributed by atoms with Gasteiger partial charge < -0.3 is 26.0 Å². The van der Waals surface area contributed by atoms with Crippen molar-refractivity contribution in [3.63, 3.8) is 0 Å². The second-order valence-corrected chi connectivity index (χ2v) is 8.45. The number of anilines is 2. The van der Waals surface area contributed by atoms with E-state index in [0.717, 1.165) is 26.5 Å². The first-order valence-electron chi connectivity index (χ1n) is 9.84. The molecule has 30 heavy (non-hydrogen) atoms. The summed E-state index contributed by atoms with van der Waals surface area (Å²) in [4.78, 5) is 13.9. The fourth-order valence-electron chi connectivity index (χ4n) is 3.78. The third kappa shape index (κ3) is 3.89. The van der Waals surface area contributed by atoms with Crippen LogP contribution in [-0.2, 0) is 0 Å². The van der Waals surface area contributed by atoms with Gasteiger partial charge in [-0.25, -0.2) is 9.97 Å². The van der Waals surface area contributed by atoms with Crippen LogP contribution >= 0.6 is 11.3 Å². The summed E-state index contributed by atoms with van der Waals surface area (Å²) in [7, 11) is 0. The number of rotatable bonds is 7. The standard InChI is InChI=1S/C21H25N5O3S/c1-3-8-22-21-23-11(2)16(20-25-13-6-4-5-7-15(13)30-20)19(26-21)24-14-9-12(10-27)17(28)18(14)29/h3-7,12,14,17-18,27-29H,1,8-10H2,2H3,(H2,22,23,24,26)/t12-,14-,17-,18+/m1/s1. The zero-order chi connectivity index (χ0) is 21.3. The molecule has 4 atom stereocenters. The van der Waals surface area contributed by atoms with Gasteiger partial charge in [-0.05, 0) is 25.5 Å². The number of aliphatic hydroxyl groups is 3. The predicted octanol–water partition coefficient (Wildman–Crippen LogP) is 2.17. The Morgan fingerprint density at radius 3 is 2.70 bits per heavy atom. The first-order chi connectivity index (χ1) is 14.5. The topological polar surface area (TPSA) is 123 Å². The normalized spacial score (nSPS) is 23.6. The lowest BCUT2D eigenvalue weighted by Crippen LogP contribution is -2.35. The Hall–Kier alpha value is -2.59. The summed E-state index contributed by atoms with van der Waals surface area (Å²) in [5.74, 6) is 0.583. The van der Waals surface area contributed by atoms with E-state index in [4.69, 9.17) is 4.98 Å². The van der Waals surface area contributed by atoms with Crippen molar-refractivity contribution in [3.05, 3.63) is 42.6 Å². The van der Waals surface area contributed by atoms with Crippen LogP contribution in [-0.4, -0.2) is 61.7 Å². The van der Waals surface area contributed by atoms with Gasteiger partial charge in [0, 0.05) is 19.1 Å². The van der Waals surface area contributed by atoms with Crippen LogP contribution < -0.4 is 10.6 Å². The minimum atomic E-state index is -1.01. The maximum atomic E-state index is 10.5. The Morgan fingerprint density at radius 1 is 1.20 bits per heavy atom. The minimum Gasteiger partial charge on any atom is -0.396 e. The molecule has 2 heterocycles. The van der Waals surface area contributed by atoms with E-state index in [9.17, 15) is 15.3 Å². The average Bonchev–Trinajstić information content (AvgIpc) is 3.28. The average molecular weight is 428 g/mol. The van der Waals surface area contributed by atoms with Gasteiger partial charge in [0.05, 0.1) is 33.6 Å². The van der Waals surface area contributed by atoms with Crippen molar-refractivity contribution < 1.29 is 15.3 Å². The van der Waals surface area contributed by atoms with Crippen LogP contribution in [0.25, 0.3) is 20.8 Å². The van der Waals surface area contributed by atoms with Crippen LogP contribution in [0, 0.1) is 12.8 Å². The molecule has 1 aromatic carbocycles. The number of hydrogen-bond donors (Lipinski definition) is 5. The number of aryl methyl sites for hydroxylation is 1. The molecular formula is C21H25N5O3S. The number of hydrogen-bond acceptors (Lipinski definition) is 9. The van der Waals surface area contributed by atoms with Gasteiger partial charge in [-0.2, -0.15) is 4.98 Å². The lowest BCUT2D eigenvalue weighted by atomic mass is 10.1.